The van der Waals surface area contributed by atoms with E-state index < -0.39 is 0 Å². The number of likely N-dealkylation sites (tertiary alicyclic amines) is 1. The van der Waals surface area contributed by atoms with Crippen molar-refractivity contribution in [2.24, 2.45) is 7.05 Å². The van der Waals surface area contributed by atoms with Gasteiger partial charge in [-0.1, -0.05) is 0 Å². The van der Waals surface area contributed by atoms with Crippen LogP contribution in [-0.2, 0) is 13.6 Å². The molecule has 1 fully saturated rings. The number of amides is 1. The molecule has 0 saturated carbocycles. The number of aromatic nitrogens is 4. The second-order valence-corrected chi connectivity index (χ2v) is 7.63. The first-order valence-corrected chi connectivity index (χ1v) is 9.80. The molecule has 5 rings (SSSR count). The average molecular weight is 389 g/mol. The molecule has 8 heteroatoms. The lowest BCUT2D eigenvalue weighted by atomic mass is 10.1. The Balaban J connectivity index is 1.36. The maximum absolute atomic E-state index is 12.7. The molecule has 1 saturated heterocycles. The maximum Gasteiger partial charge on any atom is 0.256 e. The first-order chi connectivity index (χ1) is 14.1. The van der Waals surface area contributed by atoms with E-state index >= 15 is 0 Å². The van der Waals surface area contributed by atoms with Gasteiger partial charge in [-0.2, -0.15) is 5.10 Å². The first kappa shape index (κ1) is 17.7. The number of rotatable bonds is 4. The van der Waals surface area contributed by atoms with Crippen LogP contribution >= 0.6 is 0 Å². The minimum Gasteiger partial charge on any atom is -0.382 e. The number of carbonyl (C=O) groups is 1. The molecule has 4 aromatic rings. The Bertz CT molecular complexity index is 1220. The summed E-state index contributed by atoms with van der Waals surface area (Å²) < 4.78 is 1.67. The van der Waals surface area contributed by atoms with Crippen molar-refractivity contribution in [3.63, 3.8) is 0 Å². The second-order valence-electron chi connectivity index (χ2n) is 7.63. The fourth-order valence-corrected chi connectivity index (χ4v) is 4.04. The highest BCUT2D eigenvalue weighted by Gasteiger charge is 2.14. The summed E-state index contributed by atoms with van der Waals surface area (Å²) in [6, 6.07) is 9.36. The molecule has 1 aliphatic heterocycles. The Kier molecular flexibility index (Phi) is 4.21. The number of nitrogens with one attached hydrogen (secondary N) is 2. The number of fused-ring (bicyclic) bond motifs is 2. The van der Waals surface area contributed by atoms with Gasteiger partial charge in [-0.05, 0) is 50.2 Å². The molecular formula is C21H23N7O. The first-order valence-electron chi connectivity index (χ1n) is 9.80. The van der Waals surface area contributed by atoms with Crippen LogP contribution in [-0.4, -0.2) is 43.6 Å². The zero-order valence-corrected chi connectivity index (χ0v) is 16.3. The number of aryl methyl sites for hydroxylation is 1. The second kappa shape index (κ2) is 6.89. The Labute approximate surface area is 167 Å². The summed E-state index contributed by atoms with van der Waals surface area (Å²) >= 11 is 0. The molecule has 3 aromatic heterocycles. The normalized spacial score (nSPS) is 14.8. The monoisotopic (exact) mass is 389 g/mol. The van der Waals surface area contributed by atoms with Gasteiger partial charge in [-0.25, -0.2) is 4.98 Å². The van der Waals surface area contributed by atoms with Gasteiger partial charge in [0.15, 0.2) is 5.82 Å². The lowest BCUT2D eigenvalue weighted by molar-refractivity contribution is 0.102. The van der Waals surface area contributed by atoms with Crippen LogP contribution in [0.4, 0.5) is 11.6 Å². The van der Waals surface area contributed by atoms with Crippen molar-refractivity contribution in [2.75, 3.05) is 24.1 Å². The van der Waals surface area contributed by atoms with Crippen LogP contribution in [0.25, 0.3) is 21.8 Å². The van der Waals surface area contributed by atoms with Crippen molar-refractivity contribution in [1.82, 2.24) is 24.6 Å². The number of carbonyl (C=O) groups excluding carboxylic acids is 1. The number of pyridine rings is 1. The Hall–Kier alpha value is -3.39. The SMILES string of the molecule is Cn1nc(N)c2ccc(C(=O)Nc3cc4[nH]c(CN5CCCC5)cc4cn3)cc21. The van der Waals surface area contributed by atoms with E-state index in [2.05, 4.69) is 31.3 Å². The minimum absolute atomic E-state index is 0.220. The molecule has 148 valence electrons. The summed E-state index contributed by atoms with van der Waals surface area (Å²) in [6.45, 7) is 3.23. The molecule has 0 aliphatic carbocycles. The van der Waals surface area contributed by atoms with Gasteiger partial charge >= 0.3 is 0 Å². The van der Waals surface area contributed by atoms with Gasteiger partial charge in [0.1, 0.15) is 5.82 Å². The predicted molar refractivity (Wildman–Crippen MR) is 114 cm³/mol. The van der Waals surface area contributed by atoms with Crippen LogP contribution < -0.4 is 11.1 Å². The molecule has 0 unspecified atom stereocenters. The van der Waals surface area contributed by atoms with Crippen LogP contribution in [0.2, 0.25) is 0 Å². The highest BCUT2D eigenvalue weighted by molar-refractivity contribution is 6.07. The van der Waals surface area contributed by atoms with E-state index in [0.717, 1.165) is 41.4 Å². The maximum atomic E-state index is 12.7. The minimum atomic E-state index is -0.220. The molecule has 1 aliphatic rings. The number of hydrogen-bond donors (Lipinski definition) is 3. The molecule has 8 nitrogen and oxygen atoms in total. The van der Waals surface area contributed by atoms with Gasteiger partial charge < -0.3 is 16.0 Å². The molecule has 1 aromatic carbocycles. The quantitative estimate of drug-likeness (QED) is 0.498. The third-order valence-electron chi connectivity index (χ3n) is 5.54. The number of benzene rings is 1. The summed E-state index contributed by atoms with van der Waals surface area (Å²) in [5.74, 6) is 0.752. The molecule has 4 N–H and O–H groups in total. The van der Waals surface area contributed by atoms with Gasteiger partial charge in [-0.15, -0.1) is 0 Å². The van der Waals surface area contributed by atoms with Gasteiger partial charge in [0, 0.05) is 47.9 Å². The Morgan fingerprint density at radius 2 is 2.07 bits per heavy atom. The Morgan fingerprint density at radius 3 is 2.90 bits per heavy atom. The summed E-state index contributed by atoms with van der Waals surface area (Å²) in [7, 11) is 1.81. The van der Waals surface area contributed by atoms with Crippen molar-refractivity contribution < 1.29 is 4.79 Å². The van der Waals surface area contributed by atoms with Crippen molar-refractivity contribution in [1.29, 1.82) is 0 Å². The van der Waals surface area contributed by atoms with Crippen molar-refractivity contribution >= 4 is 39.3 Å². The van der Waals surface area contributed by atoms with Gasteiger partial charge in [0.2, 0.25) is 0 Å². The summed E-state index contributed by atoms with van der Waals surface area (Å²) in [5, 5.41) is 8.95. The van der Waals surface area contributed by atoms with Gasteiger partial charge in [0.05, 0.1) is 11.0 Å². The molecule has 29 heavy (non-hydrogen) atoms. The molecule has 0 spiro atoms. The number of nitrogens with two attached hydrogens (primary N) is 1. The lowest BCUT2D eigenvalue weighted by Gasteiger charge is -2.12. The van der Waals surface area contributed by atoms with E-state index in [1.807, 2.05) is 12.1 Å². The summed E-state index contributed by atoms with van der Waals surface area (Å²) in [6.07, 6.45) is 4.34. The van der Waals surface area contributed by atoms with Crippen molar-refractivity contribution in [3.05, 3.63) is 47.8 Å². The predicted octanol–water partition coefficient (Wildman–Crippen LogP) is 2.88. The van der Waals surface area contributed by atoms with Crippen molar-refractivity contribution in [2.45, 2.75) is 19.4 Å². The third-order valence-corrected chi connectivity index (χ3v) is 5.54. The van der Waals surface area contributed by atoms with Gasteiger partial charge in [0.25, 0.3) is 5.91 Å². The number of nitrogens with zero attached hydrogens (tertiary/aromatic N) is 4. The fraction of sp³-hybridized carbons (Fsp3) is 0.286. The number of aromatic amines is 1. The zero-order chi connectivity index (χ0) is 20.0. The van der Waals surface area contributed by atoms with Crippen LogP contribution in [0, 0.1) is 0 Å². The Morgan fingerprint density at radius 1 is 1.24 bits per heavy atom. The van der Waals surface area contributed by atoms with E-state index in [1.54, 1.807) is 30.1 Å². The van der Waals surface area contributed by atoms with E-state index in [1.165, 1.54) is 18.5 Å². The largest absolute Gasteiger partial charge is 0.382 e. The molecule has 4 heterocycles. The number of H-pyrrole nitrogens is 1. The van der Waals surface area contributed by atoms with Crippen LogP contribution in [0.15, 0.2) is 36.5 Å². The zero-order valence-electron chi connectivity index (χ0n) is 16.3. The topological polar surface area (TPSA) is 105 Å². The summed E-state index contributed by atoms with van der Waals surface area (Å²) in [5.41, 5.74) is 9.37. The van der Waals surface area contributed by atoms with E-state index in [4.69, 9.17) is 5.73 Å². The summed E-state index contributed by atoms with van der Waals surface area (Å²) in [4.78, 5) is 23.0. The third kappa shape index (κ3) is 3.31. The van der Waals surface area contributed by atoms with Crippen LogP contribution in [0.1, 0.15) is 28.9 Å². The number of anilines is 2. The fourth-order valence-electron chi connectivity index (χ4n) is 4.04. The molecule has 0 bridgehead atoms. The van der Waals surface area contributed by atoms with E-state index in [0.29, 0.717) is 17.2 Å². The van der Waals surface area contributed by atoms with E-state index in [9.17, 15) is 4.79 Å². The number of nitrogen functional groups attached to an aromatic ring is 1. The molecule has 0 atom stereocenters. The van der Waals surface area contributed by atoms with Crippen LogP contribution in [0.5, 0.6) is 0 Å². The number of hydrogen-bond acceptors (Lipinski definition) is 5. The molecule has 1 amide bonds. The molecule has 0 radical (unpaired) electrons. The molecular weight excluding hydrogens is 366 g/mol. The highest BCUT2D eigenvalue weighted by Crippen LogP contribution is 2.23. The lowest BCUT2D eigenvalue weighted by Crippen LogP contribution is -2.18. The van der Waals surface area contributed by atoms with Crippen LogP contribution in [0.3, 0.4) is 0 Å². The van der Waals surface area contributed by atoms with Gasteiger partial charge in [-0.3, -0.25) is 14.4 Å². The van der Waals surface area contributed by atoms with Crippen molar-refractivity contribution in [3.8, 4) is 0 Å². The highest BCUT2D eigenvalue weighted by atomic mass is 16.1. The van der Waals surface area contributed by atoms with E-state index in [-0.39, 0.29) is 5.91 Å². The smallest absolute Gasteiger partial charge is 0.256 e. The average Bonchev–Trinajstić information content (AvgIpc) is 3.42. The standard InChI is InChI=1S/C21H23N7O/c1-27-18-9-13(4-5-16(18)20(22)26-27)21(29)25-19-10-17-14(11-23-19)8-15(24-17)12-28-6-2-3-7-28/h4-5,8-11,24H,2-3,6-7,12H2,1H3,(H2,22,26)(H,23,25,29).